The van der Waals surface area contributed by atoms with E-state index in [2.05, 4.69) is 10.3 Å². The number of thiophene rings is 1. The second-order valence-corrected chi connectivity index (χ2v) is 6.71. The van der Waals surface area contributed by atoms with Gasteiger partial charge in [-0.15, -0.1) is 11.3 Å². The maximum atomic E-state index is 12.3. The van der Waals surface area contributed by atoms with Crippen LogP contribution in [0.2, 0.25) is 10.0 Å². The van der Waals surface area contributed by atoms with Crippen molar-refractivity contribution >= 4 is 56.3 Å². The number of halogens is 2. The van der Waals surface area contributed by atoms with Gasteiger partial charge in [-0.05, 0) is 29.6 Å². The number of amides is 1. The number of H-pyrrole nitrogens is 1. The molecule has 124 valence electrons. The summed E-state index contributed by atoms with van der Waals surface area (Å²) in [7, 11) is 0. The van der Waals surface area contributed by atoms with Crippen LogP contribution in [0.4, 0.5) is 5.69 Å². The van der Waals surface area contributed by atoms with E-state index >= 15 is 0 Å². The van der Waals surface area contributed by atoms with E-state index in [4.69, 9.17) is 23.2 Å². The fourth-order valence-electron chi connectivity index (χ4n) is 2.18. The van der Waals surface area contributed by atoms with Crippen molar-refractivity contribution < 1.29 is 4.79 Å². The van der Waals surface area contributed by atoms with Gasteiger partial charge in [0.05, 0.1) is 15.6 Å². The minimum absolute atomic E-state index is 0.0187. The first-order valence-electron chi connectivity index (χ1n) is 6.91. The zero-order chi connectivity index (χ0) is 17.3. The molecule has 24 heavy (non-hydrogen) atoms. The number of carbonyl (C=O) groups is 1. The second-order valence-electron chi connectivity index (χ2n) is 4.98. The molecule has 0 aliphatic heterocycles. The van der Waals surface area contributed by atoms with Crippen molar-refractivity contribution in [2.24, 2.45) is 0 Å². The first kappa shape index (κ1) is 16.8. The van der Waals surface area contributed by atoms with Crippen LogP contribution in [-0.2, 0) is 11.3 Å². The summed E-state index contributed by atoms with van der Waals surface area (Å²) in [6.07, 6.45) is -0.0277. The lowest BCUT2D eigenvalue weighted by Gasteiger charge is -2.07. The van der Waals surface area contributed by atoms with Gasteiger partial charge in [0.1, 0.15) is 4.70 Å². The van der Waals surface area contributed by atoms with E-state index in [0.717, 1.165) is 4.57 Å². The zero-order valence-electron chi connectivity index (χ0n) is 12.1. The molecule has 3 aromatic rings. The van der Waals surface area contributed by atoms with Gasteiger partial charge < -0.3 is 10.3 Å². The molecule has 6 nitrogen and oxygen atoms in total. The number of carbonyl (C=O) groups excluding carboxylic acids is 1. The Hall–Kier alpha value is -2.09. The molecule has 2 heterocycles. The Labute approximate surface area is 149 Å². The summed E-state index contributed by atoms with van der Waals surface area (Å²) in [5, 5.41) is 5.08. The fraction of sp³-hybridized carbons (Fsp3) is 0.133. The van der Waals surface area contributed by atoms with Crippen molar-refractivity contribution in [1.29, 1.82) is 0 Å². The molecule has 1 aromatic carbocycles. The molecular weight excluding hydrogens is 373 g/mol. The average molecular weight is 384 g/mol. The molecule has 0 saturated carbocycles. The summed E-state index contributed by atoms with van der Waals surface area (Å²) in [6.45, 7) is -0.0187. The lowest BCUT2D eigenvalue weighted by molar-refractivity contribution is -0.116. The summed E-state index contributed by atoms with van der Waals surface area (Å²) in [6, 6.07) is 6.38. The van der Waals surface area contributed by atoms with Gasteiger partial charge in [-0.3, -0.25) is 14.2 Å². The van der Waals surface area contributed by atoms with E-state index in [0.29, 0.717) is 25.9 Å². The molecule has 1 amide bonds. The Morgan fingerprint density at radius 1 is 1.21 bits per heavy atom. The molecule has 0 bridgehead atoms. The third-order valence-corrected chi connectivity index (χ3v) is 5.00. The van der Waals surface area contributed by atoms with Crippen molar-refractivity contribution in [3.05, 3.63) is 60.5 Å². The average Bonchev–Trinajstić information content (AvgIpc) is 2.99. The number of nitrogens with one attached hydrogen (secondary N) is 2. The number of aromatic amines is 1. The fourth-order valence-corrected chi connectivity index (χ4v) is 3.28. The van der Waals surface area contributed by atoms with Crippen molar-refractivity contribution in [3.63, 3.8) is 0 Å². The van der Waals surface area contributed by atoms with E-state index in [1.165, 1.54) is 17.4 Å². The van der Waals surface area contributed by atoms with Crippen LogP contribution in [0.5, 0.6) is 0 Å². The van der Waals surface area contributed by atoms with Crippen LogP contribution >= 0.6 is 34.5 Å². The predicted molar refractivity (Wildman–Crippen MR) is 96.4 cm³/mol. The molecule has 3 rings (SSSR count). The number of aromatic nitrogens is 2. The maximum Gasteiger partial charge on any atom is 0.328 e. The Balaban J connectivity index is 1.73. The van der Waals surface area contributed by atoms with Crippen LogP contribution in [-0.4, -0.2) is 15.5 Å². The van der Waals surface area contributed by atoms with Crippen molar-refractivity contribution in [2.75, 3.05) is 5.32 Å². The molecule has 0 aliphatic carbocycles. The lowest BCUT2D eigenvalue weighted by atomic mass is 10.3. The first-order chi connectivity index (χ1) is 11.5. The molecule has 0 unspecified atom stereocenters. The summed E-state index contributed by atoms with van der Waals surface area (Å²) < 4.78 is 1.48. The van der Waals surface area contributed by atoms with Crippen molar-refractivity contribution in [3.8, 4) is 0 Å². The minimum Gasteiger partial charge on any atom is -0.326 e. The van der Waals surface area contributed by atoms with Gasteiger partial charge in [0.25, 0.3) is 5.56 Å². The number of hydrogen-bond acceptors (Lipinski definition) is 4. The maximum absolute atomic E-state index is 12.3. The van der Waals surface area contributed by atoms with E-state index in [-0.39, 0.29) is 18.9 Å². The second kappa shape index (κ2) is 6.80. The molecule has 0 radical (unpaired) electrons. The Morgan fingerprint density at radius 3 is 2.75 bits per heavy atom. The van der Waals surface area contributed by atoms with Gasteiger partial charge in [-0.1, -0.05) is 23.2 Å². The van der Waals surface area contributed by atoms with Gasteiger partial charge in [-0.2, -0.15) is 0 Å². The van der Waals surface area contributed by atoms with Gasteiger partial charge in [0.15, 0.2) is 0 Å². The minimum atomic E-state index is -0.534. The summed E-state index contributed by atoms with van der Waals surface area (Å²) in [5.74, 6) is -0.342. The van der Waals surface area contributed by atoms with Gasteiger partial charge in [-0.25, -0.2) is 4.79 Å². The summed E-state index contributed by atoms with van der Waals surface area (Å²) in [4.78, 5) is 38.8. The molecule has 0 aliphatic rings. The van der Waals surface area contributed by atoms with E-state index in [9.17, 15) is 14.4 Å². The standard InChI is InChI=1S/C15H11Cl2N3O3S/c16-9-2-1-8(7-10(9)17)18-12(21)3-5-20-14(22)13-11(4-6-24-13)19-15(20)23/h1-2,4,6-7H,3,5H2,(H,18,21)(H,19,23). The van der Waals surface area contributed by atoms with E-state index in [1.807, 2.05) is 0 Å². The Bertz CT molecular complexity index is 1040. The third-order valence-electron chi connectivity index (χ3n) is 3.36. The zero-order valence-corrected chi connectivity index (χ0v) is 14.5. The van der Waals surface area contributed by atoms with E-state index in [1.54, 1.807) is 23.6 Å². The van der Waals surface area contributed by atoms with Crippen molar-refractivity contribution in [1.82, 2.24) is 9.55 Å². The molecule has 0 saturated heterocycles. The Morgan fingerprint density at radius 2 is 2.00 bits per heavy atom. The number of rotatable bonds is 4. The highest BCUT2D eigenvalue weighted by Gasteiger charge is 2.11. The highest BCUT2D eigenvalue weighted by atomic mass is 35.5. The molecule has 2 N–H and O–H groups in total. The highest BCUT2D eigenvalue weighted by molar-refractivity contribution is 7.17. The molecule has 9 heteroatoms. The summed E-state index contributed by atoms with van der Waals surface area (Å²) >= 11 is 12.9. The van der Waals surface area contributed by atoms with Crippen LogP contribution < -0.4 is 16.6 Å². The monoisotopic (exact) mass is 383 g/mol. The van der Waals surface area contributed by atoms with Crippen LogP contribution in [0.3, 0.4) is 0 Å². The largest absolute Gasteiger partial charge is 0.328 e. The first-order valence-corrected chi connectivity index (χ1v) is 8.54. The van der Waals surface area contributed by atoms with Crippen LogP contribution in [0.25, 0.3) is 10.2 Å². The highest BCUT2D eigenvalue weighted by Crippen LogP contribution is 2.25. The number of anilines is 1. The molecule has 0 fully saturated rings. The predicted octanol–water partition coefficient (Wildman–Crippen LogP) is 3.09. The molecule has 0 spiro atoms. The quantitative estimate of drug-likeness (QED) is 0.725. The smallest absolute Gasteiger partial charge is 0.326 e. The van der Waals surface area contributed by atoms with Crippen LogP contribution in [0, 0.1) is 0 Å². The normalized spacial score (nSPS) is 10.9. The van der Waals surface area contributed by atoms with Gasteiger partial charge >= 0.3 is 5.69 Å². The molecule has 0 atom stereocenters. The third kappa shape index (κ3) is 3.38. The van der Waals surface area contributed by atoms with Crippen LogP contribution in [0.15, 0.2) is 39.2 Å². The van der Waals surface area contributed by atoms with Crippen LogP contribution in [0.1, 0.15) is 6.42 Å². The summed E-state index contributed by atoms with van der Waals surface area (Å²) in [5.41, 5.74) is 0.0650. The van der Waals surface area contributed by atoms with Gasteiger partial charge in [0, 0.05) is 18.7 Å². The van der Waals surface area contributed by atoms with Crippen molar-refractivity contribution in [2.45, 2.75) is 13.0 Å². The molecule has 2 aromatic heterocycles. The number of nitrogens with zero attached hydrogens (tertiary/aromatic N) is 1. The topological polar surface area (TPSA) is 84.0 Å². The number of hydrogen-bond donors (Lipinski definition) is 2. The number of fused-ring (bicyclic) bond motifs is 1. The van der Waals surface area contributed by atoms with E-state index < -0.39 is 11.2 Å². The lowest BCUT2D eigenvalue weighted by Crippen LogP contribution is -2.35. The number of benzene rings is 1. The van der Waals surface area contributed by atoms with Gasteiger partial charge in [0.2, 0.25) is 5.91 Å². The molecular formula is C15H11Cl2N3O3S. The SMILES string of the molecule is O=C(CCn1c(=O)[nH]c2ccsc2c1=O)Nc1ccc(Cl)c(Cl)c1. The Kier molecular flexibility index (Phi) is 4.75.